The van der Waals surface area contributed by atoms with Crippen LogP contribution >= 0.6 is 11.6 Å². The molecule has 0 aliphatic rings. The molecular formula is C15H14ClNO3. The van der Waals surface area contributed by atoms with Gasteiger partial charge in [-0.2, -0.15) is 0 Å². The number of nitrogens with zero attached hydrogens (tertiary/aromatic N) is 1. The molecule has 0 unspecified atom stereocenters. The predicted molar refractivity (Wildman–Crippen MR) is 76.1 cm³/mol. The summed E-state index contributed by atoms with van der Waals surface area (Å²) in [4.78, 5) is 15.9. The lowest BCUT2D eigenvalue weighted by molar-refractivity contribution is 0.0518. The van der Waals surface area contributed by atoms with Crippen LogP contribution in [0.3, 0.4) is 0 Å². The van der Waals surface area contributed by atoms with Crippen LogP contribution in [0.5, 0.6) is 5.75 Å². The van der Waals surface area contributed by atoms with Gasteiger partial charge in [-0.15, -0.1) is 0 Å². The van der Waals surface area contributed by atoms with Gasteiger partial charge < -0.3 is 9.84 Å². The number of aromatic hydroxyl groups is 1. The Kier molecular flexibility index (Phi) is 4.58. The third-order valence-electron chi connectivity index (χ3n) is 2.78. The molecule has 5 heteroatoms. The summed E-state index contributed by atoms with van der Waals surface area (Å²) >= 11 is 5.92. The third-order valence-corrected chi connectivity index (χ3v) is 3.02. The highest BCUT2D eigenvalue weighted by atomic mass is 35.5. The van der Waals surface area contributed by atoms with Crippen LogP contribution in [0, 0.1) is 0 Å². The minimum atomic E-state index is -0.468. The van der Waals surface area contributed by atoms with Gasteiger partial charge in [0.25, 0.3) is 0 Å². The van der Waals surface area contributed by atoms with E-state index in [1.165, 1.54) is 12.3 Å². The predicted octanol–water partition coefficient (Wildman–Crippen LogP) is 3.21. The first-order valence-electron chi connectivity index (χ1n) is 6.20. The monoisotopic (exact) mass is 291 g/mol. The average Bonchev–Trinajstić information content (AvgIpc) is 2.44. The zero-order chi connectivity index (χ0) is 14.5. The maximum atomic E-state index is 11.8. The molecule has 2 aromatic rings. The summed E-state index contributed by atoms with van der Waals surface area (Å²) in [6, 6.07) is 8.31. The lowest BCUT2D eigenvalue weighted by Gasteiger charge is -2.09. The van der Waals surface area contributed by atoms with Gasteiger partial charge in [0.1, 0.15) is 5.75 Å². The number of phenols is 1. The number of hydrogen-bond donors (Lipinski definition) is 1. The average molecular weight is 292 g/mol. The number of pyridine rings is 1. The van der Waals surface area contributed by atoms with Crippen LogP contribution < -0.4 is 0 Å². The quantitative estimate of drug-likeness (QED) is 0.879. The van der Waals surface area contributed by atoms with Crippen molar-refractivity contribution in [2.75, 3.05) is 6.61 Å². The van der Waals surface area contributed by atoms with Crippen LogP contribution in [0.25, 0.3) is 0 Å². The van der Waals surface area contributed by atoms with Crippen molar-refractivity contribution in [3.8, 4) is 5.75 Å². The summed E-state index contributed by atoms with van der Waals surface area (Å²) in [5, 5.41) is 10.4. The molecule has 1 heterocycles. The molecule has 0 aliphatic heterocycles. The number of carbonyl (C=O) groups excluding carboxylic acids is 1. The van der Waals surface area contributed by atoms with E-state index in [1.54, 1.807) is 31.2 Å². The van der Waals surface area contributed by atoms with E-state index in [1.807, 2.05) is 0 Å². The summed E-state index contributed by atoms with van der Waals surface area (Å²) in [5.74, 6) is -0.335. The van der Waals surface area contributed by atoms with Crippen LogP contribution in [0.1, 0.15) is 28.5 Å². The maximum absolute atomic E-state index is 11.8. The largest absolute Gasteiger partial charge is 0.508 e. The van der Waals surface area contributed by atoms with Gasteiger partial charge in [0, 0.05) is 17.6 Å². The topological polar surface area (TPSA) is 59.4 Å². The first kappa shape index (κ1) is 14.3. The van der Waals surface area contributed by atoms with Crippen LogP contribution in [-0.4, -0.2) is 22.7 Å². The first-order valence-corrected chi connectivity index (χ1v) is 6.58. The molecule has 104 valence electrons. The van der Waals surface area contributed by atoms with Crippen LogP contribution in [-0.2, 0) is 11.2 Å². The minimum absolute atomic E-state index is 0.132. The molecule has 0 spiro atoms. The lowest BCUT2D eigenvalue weighted by atomic mass is 10.0. The number of esters is 1. The Hall–Kier alpha value is -2.07. The number of ether oxygens (including phenoxy) is 1. The second kappa shape index (κ2) is 6.39. The Morgan fingerprint density at radius 1 is 1.35 bits per heavy atom. The van der Waals surface area contributed by atoms with Crippen molar-refractivity contribution in [1.29, 1.82) is 0 Å². The summed E-state index contributed by atoms with van der Waals surface area (Å²) in [7, 11) is 0. The molecule has 0 fully saturated rings. The Morgan fingerprint density at radius 3 is 2.90 bits per heavy atom. The molecule has 0 radical (unpaired) electrons. The molecule has 0 aliphatic carbocycles. The first-order chi connectivity index (χ1) is 9.61. The van der Waals surface area contributed by atoms with E-state index < -0.39 is 5.97 Å². The number of rotatable bonds is 4. The molecule has 0 atom stereocenters. The Bertz CT molecular complexity index is 628. The molecule has 0 saturated carbocycles. The van der Waals surface area contributed by atoms with E-state index in [0.29, 0.717) is 22.6 Å². The molecule has 1 aromatic carbocycles. The van der Waals surface area contributed by atoms with Crippen LogP contribution in [0.2, 0.25) is 5.02 Å². The smallest absolute Gasteiger partial charge is 0.357 e. The molecule has 2 rings (SSSR count). The fourth-order valence-electron chi connectivity index (χ4n) is 1.87. The van der Waals surface area contributed by atoms with Gasteiger partial charge in [-0.25, -0.2) is 9.78 Å². The molecule has 4 nitrogen and oxygen atoms in total. The number of phenolic OH excluding ortho intramolecular Hbond substituents is 1. The fraction of sp³-hybridized carbons (Fsp3) is 0.200. The molecule has 0 saturated heterocycles. The number of halogens is 1. The Labute approximate surface area is 122 Å². The SMILES string of the molecule is CCOC(=O)c1ncccc1Cc1cc(Cl)ccc1O. The molecular weight excluding hydrogens is 278 g/mol. The highest BCUT2D eigenvalue weighted by Crippen LogP contribution is 2.25. The standard InChI is InChI=1S/C15H14ClNO3/c1-2-20-15(19)14-10(4-3-7-17-14)8-11-9-12(16)5-6-13(11)18/h3-7,9,18H,2,8H2,1H3. The van der Waals surface area contributed by atoms with Crippen LogP contribution in [0.4, 0.5) is 0 Å². The van der Waals surface area contributed by atoms with Gasteiger partial charge in [0.15, 0.2) is 5.69 Å². The van der Waals surface area contributed by atoms with Crippen molar-refractivity contribution in [3.05, 3.63) is 58.4 Å². The fourth-order valence-corrected chi connectivity index (χ4v) is 2.06. The highest BCUT2D eigenvalue weighted by molar-refractivity contribution is 6.30. The van der Waals surface area contributed by atoms with Gasteiger partial charge in [-0.05, 0) is 42.3 Å². The van der Waals surface area contributed by atoms with Gasteiger partial charge >= 0.3 is 5.97 Å². The molecule has 0 bridgehead atoms. The van der Waals surface area contributed by atoms with Crippen molar-refractivity contribution in [1.82, 2.24) is 4.98 Å². The number of carbonyl (C=O) groups is 1. The minimum Gasteiger partial charge on any atom is -0.508 e. The summed E-state index contributed by atoms with van der Waals surface area (Å²) in [5.41, 5.74) is 1.58. The van der Waals surface area contributed by atoms with Crippen molar-refractivity contribution in [2.45, 2.75) is 13.3 Å². The van der Waals surface area contributed by atoms with E-state index in [0.717, 1.165) is 0 Å². The van der Waals surface area contributed by atoms with Crippen LogP contribution in [0.15, 0.2) is 36.5 Å². The highest BCUT2D eigenvalue weighted by Gasteiger charge is 2.15. The van der Waals surface area contributed by atoms with Gasteiger partial charge in [0.05, 0.1) is 6.61 Å². The number of benzene rings is 1. The third kappa shape index (κ3) is 3.27. The number of hydrogen-bond acceptors (Lipinski definition) is 4. The van der Waals surface area contributed by atoms with E-state index in [-0.39, 0.29) is 18.1 Å². The van der Waals surface area contributed by atoms with Crippen molar-refractivity contribution < 1.29 is 14.6 Å². The second-order valence-corrected chi connectivity index (χ2v) is 4.62. The maximum Gasteiger partial charge on any atom is 0.357 e. The summed E-state index contributed by atoms with van der Waals surface area (Å²) in [6.07, 6.45) is 1.89. The number of aromatic nitrogens is 1. The van der Waals surface area contributed by atoms with Gasteiger partial charge in [0.2, 0.25) is 0 Å². The normalized spacial score (nSPS) is 10.3. The molecule has 1 N–H and O–H groups in total. The van der Waals surface area contributed by atoms with Crippen molar-refractivity contribution in [2.24, 2.45) is 0 Å². The van der Waals surface area contributed by atoms with Crippen molar-refractivity contribution >= 4 is 17.6 Å². The lowest BCUT2D eigenvalue weighted by Crippen LogP contribution is -2.10. The second-order valence-electron chi connectivity index (χ2n) is 4.18. The zero-order valence-electron chi connectivity index (χ0n) is 11.0. The Morgan fingerprint density at radius 2 is 2.15 bits per heavy atom. The Balaban J connectivity index is 2.34. The van der Waals surface area contributed by atoms with E-state index >= 15 is 0 Å². The summed E-state index contributed by atoms with van der Waals surface area (Å²) < 4.78 is 4.97. The van der Waals surface area contributed by atoms with Gasteiger partial charge in [-0.3, -0.25) is 0 Å². The zero-order valence-corrected chi connectivity index (χ0v) is 11.7. The van der Waals surface area contributed by atoms with Crippen molar-refractivity contribution in [3.63, 3.8) is 0 Å². The van der Waals surface area contributed by atoms with E-state index in [2.05, 4.69) is 4.98 Å². The van der Waals surface area contributed by atoms with E-state index in [4.69, 9.17) is 16.3 Å². The summed E-state index contributed by atoms with van der Waals surface area (Å²) in [6.45, 7) is 2.03. The van der Waals surface area contributed by atoms with E-state index in [9.17, 15) is 9.90 Å². The molecule has 20 heavy (non-hydrogen) atoms. The molecule has 1 aromatic heterocycles. The van der Waals surface area contributed by atoms with Gasteiger partial charge in [-0.1, -0.05) is 17.7 Å². The molecule has 0 amide bonds.